The zero-order valence-electron chi connectivity index (χ0n) is 8.57. The van der Waals surface area contributed by atoms with Gasteiger partial charge in [-0.15, -0.1) is 0 Å². The third-order valence-corrected chi connectivity index (χ3v) is 2.18. The molecule has 0 saturated heterocycles. The Kier molecular flexibility index (Phi) is 3.96. The van der Waals surface area contributed by atoms with Crippen molar-refractivity contribution in [3.8, 4) is 5.75 Å². The summed E-state index contributed by atoms with van der Waals surface area (Å²) in [7, 11) is 0. The first kappa shape index (κ1) is 11.8. The fourth-order valence-electron chi connectivity index (χ4n) is 1.11. The van der Waals surface area contributed by atoms with Crippen LogP contribution in [-0.4, -0.2) is 17.1 Å². The van der Waals surface area contributed by atoms with Crippen molar-refractivity contribution in [2.45, 2.75) is 20.0 Å². The minimum atomic E-state index is 0.0320. The number of ether oxygens (including phenoxy) is 1. The van der Waals surface area contributed by atoms with E-state index in [2.05, 4.69) is 21.1 Å². The second-order valence-electron chi connectivity index (χ2n) is 3.29. The Morgan fingerprint density at radius 1 is 1.53 bits per heavy atom. The first-order chi connectivity index (χ1) is 7.04. The lowest BCUT2D eigenvalue weighted by Gasteiger charge is -2.13. The predicted molar refractivity (Wildman–Crippen MR) is 62.4 cm³/mol. The molecule has 0 heterocycles. The van der Waals surface area contributed by atoms with E-state index < -0.39 is 0 Å². The summed E-state index contributed by atoms with van der Waals surface area (Å²) < 4.78 is 6.43. The van der Waals surface area contributed by atoms with Crippen LogP contribution in [0.2, 0.25) is 0 Å². The van der Waals surface area contributed by atoms with Gasteiger partial charge in [-0.25, -0.2) is 0 Å². The van der Waals surface area contributed by atoms with E-state index in [0.717, 1.165) is 4.47 Å². The zero-order valence-corrected chi connectivity index (χ0v) is 10.2. The second kappa shape index (κ2) is 5.02. The van der Waals surface area contributed by atoms with E-state index in [1.54, 1.807) is 18.2 Å². The maximum Gasteiger partial charge on any atom is 0.173 e. The van der Waals surface area contributed by atoms with E-state index in [0.29, 0.717) is 11.3 Å². The Labute approximate surface area is 96.9 Å². The van der Waals surface area contributed by atoms with Crippen LogP contribution in [0.15, 0.2) is 27.8 Å². The van der Waals surface area contributed by atoms with Crippen molar-refractivity contribution < 1.29 is 9.94 Å². The average Bonchev–Trinajstić information content (AvgIpc) is 2.16. The largest absolute Gasteiger partial charge is 0.490 e. The van der Waals surface area contributed by atoms with Gasteiger partial charge < -0.3 is 15.7 Å². The summed E-state index contributed by atoms with van der Waals surface area (Å²) in [5.41, 5.74) is 6.10. The summed E-state index contributed by atoms with van der Waals surface area (Å²) >= 11 is 3.33. The highest BCUT2D eigenvalue weighted by atomic mass is 79.9. The highest BCUT2D eigenvalue weighted by Gasteiger charge is 2.10. The van der Waals surface area contributed by atoms with Gasteiger partial charge in [-0.2, -0.15) is 0 Å². The predicted octanol–water partition coefficient (Wildman–Crippen LogP) is 2.33. The molecule has 0 atom stereocenters. The van der Waals surface area contributed by atoms with Crippen LogP contribution >= 0.6 is 15.9 Å². The number of hydrogen-bond acceptors (Lipinski definition) is 3. The molecule has 0 aliphatic heterocycles. The highest BCUT2D eigenvalue weighted by molar-refractivity contribution is 9.10. The van der Waals surface area contributed by atoms with Crippen molar-refractivity contribution in [2.75, 3.05) is 0 Å². The summed E-state index contributed by atoms with van der Waals surface area (Å²) in [5, 5.41) is 11.6. The third-order valence-electron chi connectivity index (χ3n) is 1.69. The molecule has 3 N–H and O–H groups in total. The molecule has 1 rings (SSSR count). The highest BCUT2D eigenvalue weighted by Crippen LogP contribution is 2.24. The molecule has 0 spiro atoms. The molecule has 0 aromatic heterocycles. The van der Waals surface area contributed by atoms with Gasteiger partial charge >= 0.3 is 0 Å². The first-order valence-corrected chi connectivity index (χ1v) is 5.28. The van der Waals surface area contributed by atoms with E-state index in [-0.39, 0.29) is 11.9 Å². The van der Waals surface area contributed by atoms with E-state index >= 15 is 0 Å². The number of hydrogen-bond donors (Lipinski definition) is 2. The third kappa shape index (κ3) is 3.13. The molecule has 0 aliphatic carbocycles. The van der Waals surface area contributed by atoms with Crippen LogP contribution in [0.1, 0.15) is 19.4 Å². The van der Waals surface area contributed by atoms with Crippen LogP contribution in [0.25, 0.3) is 0 Å². The molecule has 0 saturated carbocycles. The fourth-order valence-corrected chi connectivity index (χ4v) is 1.45. The fraction of sp³-hybridized carbons (Fsp3) is 0.300. The van der Waals surface area contributed by atoms with Crippen molar-refractivity contribution >= 4 is 21.8 Å². The van der Waals surface area contributed by atoms with Crippen molar-refractivity contribution in [1.82, 2.24) is 0 Å². The topological polar surface area (TPSA) is 67.8 Å². The van der Waals surface area contributed by atoms with Crippen LogP contribution in [0.5, 0.6) is 5.75 Å². The molecule has 15 heavy (non-hydrogen) atoms. The Hall–Kier alpha value is -1.23. The van der Waals surface area contributed by atoms with Crippen molar-refractivity contribution in [3.05, 3.63) is 28.2 Å². The normalized spacial score (nSPS) is 11.9. The Bertz CT molecular complexity index is 378. The maximum atomic E-state index is 8.61. The molecule has 1 aromatic rings. The van der Waals surface area contributed by atoms with E-state index in [9.17, 15) is 0 Å². The van der Waals surface area contributed by atoms with Crippen LogP contribution in [0.3, 0.4) is 0 Å². The first-order valence-electron chi connectivity index (χ1n) is 4.48. The molecule has 0 unspecified atom stereocenters. The van der Waals surface area contributed by atoms with Gasteiger partial charge in [0.15, 0.2) is 5.84 Å². The van der Waals surface area contributed by atoms with Crippen LogP contribution < -0.4 is 10.5 Å². The van der Waals surface area contributed by atoms with Crippen LogP contribution in [-0.2, 0) is 0 Å². The SMILES string of the molecule is CC(C)Oc1cc(Br)ccc1/C(N)=N/O. The average molecular weight is 273 g/mol. The molecule has 82 valence electrons. The van der Waals surface area contributed by atoms with Gasteiger partial charge in [-0.05, 0) is 32.0 Å². The van der Waals surface area contributed by atoms with E-state index in [1.165, 1.54) is 0 Å². The molecular formula is C10H13BrN2O2. The van der Waals surface area contributed by atoms with Gasteiger partial charge in [0.2, 0.25) is 0 Å². The Balaban J connectivity index is 3.14. The minimum absolute atomic E-state index is 0.0320. The quantitative estimate of drug-likeness (QED) is 0.384. The molecule has 0 fully saturated rings. The monoisotopic (exact) mass is 272 g/mol. The number of nitrogens with two attached hydrogens (primary N) is 1. The molecule has 0 bridgehead atoms. The lowest BCUT2D eigenvalue weighted by atomic mass is 10.2. The van der Waals surface area contributed by atoms with Gasteiger partial charge in [0.05, 0.1) is 11.7 Å². The number of oxime groups is 1. The zero-order chi connectivity index (χ0) is 11.4. The number of benzene rings is 1. The summed E-state index contributed by atoms with van der Waals surface area (Å²) in [6.45, 7) is 3.83. The van der Waals surface area contributed by atoms with Crippen molar-refractivity contribution in [2.24, 2.45) is 10.9 Å². The number of halogens is 1. The van der Waals surface area contributed by atoms with E-state index in [1.807, 2.05) is 13.8 Å². The van der Waals surface area contributed by atoms with Crippen LogP contribution in [0.4, 0.5) is 0 Å². The van der Waals surface area contributed by atoms with Gasteiger partial charge in [0.1, 0.15) is 5.75 Å². The molecular weight excluding hydrogens is 260 g/mol. The maximum absolute atomic E-state index is 8.61. The summed E-state index contributed by atoms with van der Waals surface area (Å²) in [5.74, 6) is 0.632. The van der Waals surface area contributed by atoms with Crippen molar-refractivity contribution in [1.29, 1.82) is 0 Å². The standard InChI is InChI=1S/C10H13BrN2O2/c1-6(2)15-9-5-7(11)3-4-8(9)10(12)13-14/h3-6,14H,1-2H3,(H2,12,13). The Morgan fingerprint density at radius 3 is 2.73 bits per heavy atom. The van der Waals surface area contributed by atoms with Crippen molar-refractivity contribution in [3.63, 3.8) is 0 Å². The summed E-state index contributed by atoms with van der Waals surface area (Å²) in [4.78, 5) is 0. The van der Waals surface area contributed by atoms with Gasteiger partial charge in [0, 0.05) is 4.47 Å². The summed E-state index contributed by atoms with van der Waals surface area (Å²) in [6.07, 6.45) is 0.0320. The lowest BCUT2D eigenvalue weighted by Crippen LogP contribution is -2.16. The van der Waals surface area contributed by atoms with Gasteiger partial charge in [0.25, 0.3) is 0 Å². The van der Waals surface area contributed by atoms with Gasteiger partial charge in [-0.3, -0.25) is 0 Å². The number of amidine groups is 1. The number of rotatable bonds is 3. The molecule has 4 nitrogen and oxygen atoms in total. The molecule has 0 aliphatic rings. The Morgan fingerprint density at radius 2 is 2.20 bits per heavy atom. The molecule has 1 aromatic carbocycles. The lowest BCUT2D eigenvalue weighted by molar-refractivity contribution is 0.241. The van der Waals surface area contributed by atoms with E-state index in [4.69, 9.17) is 15.7 Å². The molecule has 0 amide bonds. The molecule has 0 radical (unpaired) electrons. The summed E-state index contributed by atoms with van der Waals surface area (Å²) in [6, 6.07) is 5.32. The molecule has 5 heteroatoms. The number of nitrogens with zero attached hydrogens (tertiary/aromatic N) is 1. The smallest absolute Gasteiger partial charge is 0.173 e. The second-order valence-corrected chi connectivity index (χ2v) is 4.21. The van der Waals surface area contributed by atoms with Gasteiger partial charge in [-0.1, -0.05) is 21.1 Å². The minimum Gasteiger partial charge on any atom is -0.490 e. The van der Waals surface area contributed by atoms with Crippen LogP contribution in [0, 0.1) is 0 Å².